The lowest BCUT2D eigenvalue weighted by Gasteiger charge is -2.43. The number of hydrogen-bond donors (Lipinski definition) is 1. The van der Waals surface area contributed by atoms with Crippen LogP contribution in [0.15, 0.2) is 162 Å². The van der Waals surface area contributed by atoms with Crippen LogP contribution in [0.5, 0.6) is 0 Å². The van der Waals surface area contributed by atoms with Gasteiger partial charge in [-0.15, -0.1) is 0 Å². The van der Waals surface area contributed by atoms with E-state index in [1.54, 1.807) is 0 Å². The largest absolute Gasteiger partial charge is 0.456 e. The van der Waals surface area contributed by atoms with Crippen molar-refractivity contribution in [3.05, 3.63) is 180 Å². The molecule has 1 aliphatic carbocycles. The predicted molar refractivity (Wildman–Crippen MR) is 231 cm³/mol. The topological polar surface area (TPSA) is 33.3 Å². The lowest BCUT2D eigenvalue weighted by Crippen LogP contribution is -2.37. The fourth-order valence-electron chi connectivity index (χ4n) is 10.0. The molecular weight excluding hydrogens is 671 g/mol. The smallest absolute Gasteiger partial charge is 0.140 e. The number of aromatic nitrogens is 1. The third kappa shape index (κ3) is 4.34. The number of nitrogens with one attached hydrogen (secondary N) is 1. The van der Waals surface area contributed by atoms with E-state index >= 15 is 0 Å². The molecule has 4 nitrogen and oxygen atoms in total. The van der Waals surface area contributed by atoms with Crippen molar-refractivity contribution >= 4 is 82.7 Å². The zero-order valence-electron chi connectivity index (χ0n) is 30.5. The molecule has 2 aromatic heterocycles. The molecule has 4 heteroatoms. The maximum absolute atomic E-state index is 6.69. The minimum absolute atomic E-state index is 0.0337. The van der Waals surface area contributed by atoms with E-state index in [0.29, 0.717) is 0 Å². The van der Waals surface area contributed by atoms with Gasteiger partial charge in [0.25, 0.3) is 0 Å². The molecule has 10 aromatic rings. The first-order valence-corrected chi connectivity index (χ1v) is 19.4. The second-order valence-corrected chi connectivity index (χ2v) is 15.2. The number of para-hydroxylation sites is 4. The number of likely N-dealkylation sites (N-methyl/N-ethyl adjacent to an activating group) is 1. The Hall–Kier alpha value is -6.78. The quantitative estimate of drug-likeness (QED) is 0.198. The number of hydrogen-bond acceptors (Lipinski definition) is 3. The van der Waals surface area contributed by atoms with Gasteiger partial charge in [-0.2, -0.15) is 0 Å². The summed E-state index contributed by atoms with van der Waals surface area (Å²) in [6.07, 6.45) is 6.74. The van der Waals surface area contributed by atoms with Crippen molar-refractivity contribution in [2.75, 3.05) is 17.3 Å². The number of allylic oxidation sites excluding steroid dienone is 1. The molecule has 0 saturated heterocycles. The number of nitrogens with zero attached hydrogens (tertiary/aromatic N) is 2. The van der Waals surface area contributed by atoms with E-state index in [1.807, 2.05) is 0 Å². The average Bonchev–Trinajstić information content (AvgIpc) is 3.80. The molecule has 2 unspecified atom stereocenters. The lowest BCUT2D eigenvalue weighted by atomic mass is 9.86. The Morgan fingerprint density at radius 2 is 1.33 bits per heavy atom. The first-order chi connectivity index (χ1) is 27.2. The third-order valence-electron chi connectivity index (χ3n) is 12.4. The summed E-state index contributed by atoms with van der Waals surface area (Å²) in [6.45, 7) is 0. The van der Waals surface area contributed by atoms with Crippen molar-refractivity contribution in [3.63, 3.8) is 0 Å². The molecule has 2 atom stereocenters. The number of aryl methyl sites for hydroxylation is 1. The monoisotopic (exact) mass is 707 g/mol. The van der Waals surface area contributed by atoms with E-state index in [9.17, 15) is 0 Å². The van der Waals surface area contributed by atoms with Gasteiger partial charge in [0.1, 0.15) is 11.2 Å². The molecule has 0 amide bonds. The Morgan fingerprint density at radius 3 is 2.25 bits per heavy atom. The summed E-state index contributed by atoms with van der Waals surface area (Å²) in [5, 5.41) is 14.1. The summed E-state index contributed by atoms with van der Waals surface area (Å²) in [6, 6.07) is 55.5. The minimum atomic E-state index is -0.0856. The van der Waals surface area contributed by atoms with Crippen LogP contribution >= 0.6 is 0 Å². The highest BCUT2D eigenvalue weighted by Gasteiger charge is 2.37. The van der Waals surface area contributed by atoms with Gasteiger partial charge in [0.15, 0.2) is 0 Å². The summed E-state index contributed by atoms with van der Waals surface area (Å²) in [7, 11) is 2.24. The minimum Gasteiger partial charge on any atom is -0.456 e. The van der Waals surface area contributed by atoms with Crippen molar-refractivity contribution in [3.8, 4) is 5.69 Å². The number of anilines is 2. The molecule has 0 radical (unpaired) electrons. The number of benzene rings is 8. The van der Waals surface area contributed by atoms with Crippen molar-refractivity contribution in [1.82, 2.24) is 4.57 Å². The van der Waals surface area contributed by atoms with Crippen LogP contribution in [0.25, 0.3) is 77.1 Å². The number of furan rings is 1. The predicted octanol–water partition coefficient (Wildman–Crippen LogP) is 13.3. The van der Waals surface area contributed by atoms with Gasteiger partial charge in [0, 0.05) is 39.5 Å². The Balaban J connectivity index is 1.12. The van der Waals surface area contributed by atoms with Gasteiger partial charge in [-0.25, -0.2) is 0 Å². The lowest BCUT2D eigenvalue weighted by molar-refractivity contribution is 0.556. The standard InChI is InChI=1S/C51H37N3O/c1-53-43-23-10-9-22-41(43)52-49(40-21-12-20-39-37-19-8-11-24-46(37)55-51(39)40)50(53)38-27-30-42(36-18-7-6-17-35(36)38)54-44-28-25-31-13-2-4-15-33(31)47(44)48-34-16-5-3-14-32(34)26-29-45(48)54/h2-4,6-15,17-30,49-50,52H,5,16H2,1H3. The van der Waals surface area contributed by atoms with Gasteiger partial charge in [-0.3, -0.25) is 0 Å². The van der Waals surface area contributed by atoms with Crippen LogP contribution in [-0.2, 0) is 6.42 Å². The number of rotatable bonds is 3. The fraction of sp³-hybridized carbons (Fsp3) is 0.0980. The van der Waals surface area contributed by atoms with Crippen LogP contribution in [0.3, 0.4) is 0 Å². The van der Waals surface area contributed by atoms with Gasteiger partial charge in [-0.05, 0) is 82.1 Å². The van der Waals surface area contributed by atoms with E-state index in [0.717, 1.165) is 46.0 Å². The zero-order chi connectivity index (χ0) is 36.2. The van der Waals surface area contributed by atoms with Gasteiger partial charge in [0.05, 0.1) is 40.2 Å². The molecule has 0 spiro atoms. The molecule has 55 heavy (non-hydrogen) atoms. The average molecular weight is 708 g/mol. The first kappa shape index (κ1) is 30.7. The van der Waals surface area contributed by atoms with Crippen LogP contribution in [0.4, 0.5) is 11.4 Å². The molecule has 8 aromatic carbocycles. The van der Waals surface area contributed by atoms with Gasteiger partial charge in [-0.1, -0.05) is 127 Å². The zero-order valence-corrected chi connectivity index (χ0v) is 30.5. The van der Waals surface area contributed by atoms with E-state index in [2.05, 4.69) is 186 Å². The van der Waals surface area contributed by atoms with Crippen molar-refractivity contribution in [1.29, 1.82) is 0 Å². The molecule has 0 saturated carbocycles. The highest BCUT2D eigenvalue weighted by Crippen LogP contribution is 2.50. The SMILES string of the molecule is CN1c2ccccc2NC(c2cccc3c2oc2ccccc23)C1c1ccc(-n2c3ccc4c(c3c3c5ccccc5ccc32)CCC=C4)c2ccccc12. The molecule has 2 aliphatic rings. The van der Waals surface area contributed by atoms with E-state index in [4.69, 9.17) is 4.42 Å². The normalized spacial score (nSPS) is 16.7. The Morgan fingerprint density at radius 1 is 0.582 bits per heavy atom. The van der Waals surface area contributed by atoms with E-state index < -0.39 is 0 Å². The summed E-state index contributed by atoms with van der Waals surface area (Å²) >= 11 is 0. The first-order valence-electron chi connectivity index (χ1n) is 19.4. The van der Waals surface area contributed by atoms with Crippen molar-refractivity contribution in [2.24, 2.45) is 0 Å². The molecule has 0 fully saturated rings. The van der Waals surface area contributed by atoms with Crippen molar-refractivity contribution < 1.29 is 4.42 Å². The maximum atomic E-state index is 6.69. The third-order valence-corrected chi connectivity index (χ3v) is 12.4. The van der Waals surface area contributed by atoms with Crippen LogP contribution in [0, 0.1) is 0 Å². The van der Waals surface area contributed by atoms with Crippen molar-refractivity contribution in [2.45, 2.75) is 24.9 Å². The van der Waals surface area contributed by atoms with E-state index in [-0.39, 0.29) is 12.1 Å². The van der Waals surface area contributed by atoms with Gasteiger partial charge < -0.3 is 19.2 Å². The summed E-state index contributed by atoms with van der Waals surface area (Å²) in [5.74, 6) is 0. The second kappa shape index (κ2) is 11.6. The Labute approximate surface area is 318 Å². The Kier molecular flexibility index (Phi) is 6.47. The Bertz CT molecular complexity index is 3240. The highest BCUT2D eigenvalue weighted by molar-refractivity contribution is 6.23. The number of fused-ring (bicyclic) bond motifs is 12. The molecule has 1 aliphatic heterocycles. The summed E-state index contributed by atoms with van der Waals surface area (Å²) in [4.78, 5) is 2.46. The van der Waals surface area contributed by atoms with E-state index in [1.165, 1.54) is 71.4 Å². The second-order valence-electron chi connectivity index (χ2n) is 15.2. The molecule has 262 valence electrons. The molecule has 1 N–H and O–H groups in total. The molecule has 3 heterocycles. The fourth-order valence-corrected chi connectivity index (χ4v) is 10.0. The molecular formula is C51H37N3O. The van der Waals surface area contributed by atoms with Crippen LogP contribution < -0.4 is 10.2 Å². The highest BCUT2D eigenvalue weighted by atomic mass is 16.3. The van der Waals surface area contributed by atoms with Gasteiger partial charge >= 0.3 is 0 Å². The van der Waals surface area contributed by atoms with Crippen LogP contribution in [0.1, 0.15) is 40.8 Å². The maximum Gasteiger partial charge on any atom is 0.140 e. The summed E-state index contributed by atoms with van der Waals surface area (Å²) < 4.78 is 9.22. The van der Waals surface area contributed by atoms with Crippen LogP contribution in [0.2, 0.25) is 0 Å². The van der Waals surface area contributed by atoms with Gasteiger partial charge in [0.2, 0.25) is 0 Å². The molecule has 12 rings (SSSR count). The molecule has 0 bridgehead atoms. The summed E-state index contributed by atoms with van der Waals surface area (Å²) in [5.41, 5.74) is 13.1. The van der Waals surface area contributed by atoms with Crippen LogP contribution in [-0.4, -0.2) is 11.6 Å².